The molecule has 0 unspecified atom stereocenters. The molecule has 4 aromatic rings. The summed E-state index contributed by atoms with van der Waals surface area (Å²) in [5.74, 6) is -1.06. The first-order chi connectivity index (χ1) is 20.3. The molecule has 2 aliphatic heterocycles. The maximum atomic E-state index is 13.4. The van der Waals surface area contributed by atoms with Crippen molar-refractivity contribution >= 4 is 29.4 Å². The number of hydrogen-bond acceptors (Lipinski definition) is 5. The van der Waals surface area contributed by atoms with Crippen LogP contribution in [0.5, 0.6) is 0 Å². The van der Waals surface area contributed by atoms with Gasteiger partial charge in [0, 0.05) is 37.7 Å². The monoisotopic (exact) mass is 565 g/mol. The van der Waals surface area contributed by atoms with Gasteiger partial charge in [0.2, 0.25) is 5.91 Å². The average molecular weight is 566 g/mol. The number of nitrogens with zero attached hydrogens (tertiary/aromatic N) is 4. The van der Waals surface area contributed by atoms with Gasteiger partial charge < -0.3 is 10.2 Å². The number of amides is 4. The van der Waals surface area contributed by atoms with E-state index in [4.69, 9.17) is 0 Å². The lowest BCUT2D eigenvalue weighted by Gasteiger charge is -2.29. The molecular weight excluding hydrogens is 537 g/mol. The Kier molecular flexibility index (Phi) is 7.12. The number of nitrogens with one attached hydrogen (secondary N) is 1. The molecule has 4 amide bonds. The Bertz CT molecular complexity index is 1690. The van der Waals surface area contributed by atoms with E-state index in [1.165, 1.54) is 12.1 Å². The van der Waals surface area contributed by atoms with Gasteiger partial charge >= 0.3 is 0 Å². The number of imide groups is 1. The molecule has 42 heavy (non-hydrogen) atoms. The first-order valence-corrected chi connectivity index (χ1v) is 13.8. The summed E-state index contributed by atoms with van der Waals surface area (Å²) in [5, 5.41) is 7.46. The van der Waals surface area contributed by atoms with Crippen LogP contribution in [0.25, 0.3) is 5.69 Å². The minimum absolute atomic E-state index is 0.0297. The second-order valence-electron chi connectivity index (χ2n) is 10.3. The highest BCUT2D eigenvalue weighted by Crippen LogP contribution is 2.25. The smallest absolute Gasteiger partial charge is 0.261 e. The SMILES string of the molecule is CCc1cc(NC(=O)c2ccc3c(c2)CCN(C(=O)CCN2C(=O)c4ccccc4C2=O)C3)n(-c2ccc(F)cc2)n1. The second-order valence-corrected chi connectivity index (χ2v) is 10.3. The zero-order valence-electron chi connectivity index (χ0n) is 23.0. The molecule has 2 aliphatic rings. The fourth-order valence-corrected chi connectivity index (χ4v) is 5.37. The lowest BCUT2D eigenvalue weighted by atomic mass is 9.96. The first-order valence-electron chi connectivity index (χ1n) is 13.8. The van der Waals surface area contributed by atoms with Gasteiger partial charge in [-0.05, 0) is 72.5 Å². The Balaban J connectivity index is 1.10. The molecule has 10 heteroatoms. The molecule has 0 fully saturated rings. The molecular formula is C32H28FN5O4. The number of carbonyl (C=O) groups excluding carboxylic acids is 4. The summed E-state index contributed by atoms with van der Waals surface area (Å²) < 4.78 is 15.0. The van der Waals surface area contributed by atoms with Gasteiger partial charge in [0.1, 0.15) is 11.6 Å². The molecule has 6 rings (SSSR count). The number of aromatic nitrogens is 2. The first kappa shape index (κ1) is 27.1. The molecule has 1 aromatic heterocycles. The van der Waals surface area contributed by atoms with E-state index in [9.17, 15) is 23.6 Å². The number of halogens is 1. The average Bonchev–Trinajstić information content (AvgIpc) is 3.53. The lowest BCUT2D eigenvalue weighted by Crippen LogP contribution is -2.39. The van der Waals surface area contributed by atoms with Crippen LogP contribution >= 0.6 is 0 Å². The van der Waals surface area contributed by atoms with Gasteiger partial charge in [0.25, 0.3) is 17.7 Å². The number of carbonyl (C=O) groups is 4. The summed E-state index contributed by atoms with van der Waals surface area (Å²) >= 11 is 0. The van der Waals surface area contributed by atoms with Gasteiger partial charge in [-0.1, -0.05) is 25.1 Å². The number of benzene rings is 3. The van der Waals surface area contributed by atoms with Crippen molar-refractivity contribution in [3.63, 3.8) is 0 Å². The topological polar surface area (TPSA) is 105 Å². The van der Waals surface area contributed by atoms with Gasteiger partial charge in [-0.3, -0.25) is 24.1 Å². The van der Waals surface area contributed by atoms with Crippen molar-refractivity contribution in [2.24, 2.45) is 0 Å². The highest BCUT2D eigenvalue weighted by molar-refractivity contribution is 6.21. The quantitative estimate of drug-likeness (QED) is 0.335. The van der Waals surface area contributed by atoms with Gasteiger partial charge in [-0.15, -0.1) is 0 Å². The van der Waals surface area contributed by atoms with Crippen LogP contribution in [0.2, 0.25) is 0 Å². The molecule has 0 radical (unpaired) electrons. The predicted molar refractivity (Wildman–Crippen MR) is 153 cm³/mol. The third-order valence-electron chi connectivity index (χ3n) is 7.70. The minimum Gasteiger partial charge on any atom is -0.338 e. The Morgan fingerprint density at radius 1 is 0.929 bits per heavy atom. The predicted octanol–water partition coefficient (Wildman–Crippen LogP) is 4.40. The summed E-state index contributed by atoms with van der Waals surface area (Å²) in [6, 6.07) is 19.8. The van der Waals surface area contributed by atoms with Crippen LogP contribution in [0.4, 0.5) is 10.2 Å². The van der Waals surface area contributed by atoms with E-state index in [1.54, 1.807) is 58.1 Å². The van der Waals surface area contributed by atoms with E-state index in [0.29, 0.717) is 54.1 Å². The van der Waals surface area contributed by atoms with E-state index >= 15 is 0 Å². The zero-order chi connectivity index (χ0) is 29.4. The Labute approximate surface area is 241 Å². The summed E-state index contributed by atoms with van der Waals surface area (Å²) in [4.78, 5) is 54.3. The normalized spacial score (nSPS) is 14.1. The Morgan fingerprint density at radius 2 is 1.64 bits per heavy atom. The van der Waals surface area contributed by atoms with Crippen LogP contribution in [0.1, 0.15) is 61.2 Å². The number of fused-ring (bicyclic) bond motifs is 2. The standard InChI is InChI=1S/C32H28FN5O4/c1-2-24-18-28(38(35-24)25-11-9-23(33)10-12-25)34-30(40)21-7-8-22-19-36(15-13-20(22)17-21)29(39)14-16-37-31(41)26-5-3-4-6-27(26)32(37)42/h3-12,17-18H,2,13-16,19H2,1H3,(H,34,40). The molecule has 212 valence electrons. The van der Waals surface area contributed by atoms with Crippen molar-refractivity contribution in [3.8, 4) is 5.69 Å². The van der Waals surface area contributed by atoms with Crippen molar-refractivity contribution in [1.82, 2.24) is 19.6 Å². The highest BCUT2D eigenvalue weighted by atomic mass is 19.1. The maximum Gasteiger partial charge on any atom is 0.261 e. The molecule has 0 spiro atoms. The molecule has 0 saturated carbocycles. The Morgan fingerprint density at radius 3 is 2.33 bits per heavy atom. The van der Waals surface area contributed by atoms with E-state index in [-0.39, 0.29) is 42.4 Å². The van der Waals surface area contributed by atoms with Crippen LogP contribution in [-0.2, 0) is 24.2 Å². The van der Waals surface area contributed by atoms with Crippen molar-refractivity contribution in [2.45, 2.75) is 32.7 Å². The van der Waals surface area contributed by atoms with Crippen molar-refractivity contribution in [3.05, 3.63) is 112 Å². The van der Waals surface area contributed by atoms with Crippen LogP contribution in [-0.4, -0.2) is 56.3 Å². The lowest BCUT2D eigenvalue weighted by molar-refractivity contribution is -0.132. The van der Waals surface area contributed by atoms with Crippen molar-refractivity contribution in [1.29, 1.82) is 0 Å². The number of anilines is 1. The van der Waals surface area contributed by atoms with Gasteiger partial charge in [0.15, 0.2) is 0 Å². The van der Waals surface area contributed by atoms with Gasteiger partial charge in [0.05, 0.1) is 22.5 Å². The summed E-state index contributed by atoms with van der Waals surface area (Å²) in [7, 11) is 0. The summed E-state index contributed by atoms with van der Waals surface area (Å²) in [5.41, 5.74) is 4.55. The van der Waals surface area contributed by atoms with Gasteiger partial charge in [-0.25, -0.2) is 9.07 Å². The molecule has 1 N–H and O–H groups in total. The number of rotatable bonds is 7. The minimum atomic E-state index is -0.371. The molecule has 0 atom stereocenters. The van der Waals surface area contributed by atoms with Crippen LogP contribution in [0.3, 0.4) is 0 Å². The van der Waals surface area contributed by atoms with Crippen molar-refractivity contribution in [2.75, 3.05) is 18.4 Å². The molecule has 3 aromatic carbocycles. The summed E-state index contributed by atoms with van der Waals surface area (Å²) in [6.45, 7) is 2.85. The summed E-state index contributed by atoms with van der Waals surface area (Å²) in [6.07, 6.45) is 1.29. The van der Waals surface area contributed by atoms with E-state index in [1.807, 2.05) is 19.1 Å². The number of aryl methyl sites for hydroxylation is 1. The third-order valence-corrected chi connectivity index (χ3v) is 7.70. The van der Waals surface area contributed by atoms with E-state index < -0.39 is 0 Å². The van der Waals surface area contributed by atoms with Crippen molar-refractivity contribution < 1.29 is 23.6 Å². The van der Waals surface area contributed by atoms with Crippen LogP contribution in [0.15, 0.2) is 72.8 Å². The molecule has 0 aliphatic carbocycles. The fraction of sp³-hybridized carbons (Fsp3) is 0.219. The zero-order valence-corrected chi connectivity index (χ0v) is 23.0. The van der Waals surface area contributed by atoms with E-state index in [2.05, 4.69) is 10.4 Å². The maximum absolute atomic E-state index is 13.4. The second kappa shape index (κ2) is 11.0. The molecule has 9 nitrogen and oxygen atoms in total. The van der Waals surface area contributed by atoms with E-state index in [0.717, 1.165) is 21.7 Å². The highest BCUT2D eigenvalue weighted by Gasteiger charge is 2.35. The van der Waals surface area contributed by atoms with Crippen LogP contribution < -0.4 is 5.32 Å². The third kappa shape index (κ3) is 5.07. The van der Waals surface area contributed by atoms with Gasteiger partial charge in [-0.2, -0.15) is 5.10 Å². The Hall–Kier alpha value is -5.12. The molecule has 0 bridgehead atoms. The number of hydrogen-bond donors (Lipinski definition) is 1. The molecule has 3 heterocycles. The molecule has 0 saturated heterocycles. The van der Waals surface area contributed by atoms with Crippen LogP contribution in [0, 0.1) is 5.82 Å². The largest absolute Gasteiger partial charge is 0.338 e. The fourth-order valence-electron chi connectivity index (χ4n) is 5.37.